The van der Waals surface area contributed by atoms with E-state index in [4.69, 9.17) is 0 Å². The first-order valence-corrected chi connectivity index (χ1v) is 6.35. The van der Waals surface area contributed by atoms with Gasteiger partial charge in [-0.2, -0.15) is 4.37 Å². The van der Waals surface area contributed by atoms with Gasteiger partial charge >= 0.3 is 0 Å². The summed E-state index contributed by atoms with van der Waals surface area (Å²) < 4.78 is 4.44. The summed E-state index contributed by atoms with van der Waals surface area (Å²) in [5, 5.41) is 1.10. The van der Waals surface area contributed by atoms with Crippen LogP contribution >= 0.6 is 11.5 Å². The molecule has 1 saturated carbocycles. The average Bonchev–Trinajstić information content (AvgIpc) is 2.97. The first kappa shape index (κ1) is 9.33. The zero-order valence-corrected chi connectivity index (χ0v) is 9.59. The lowest BCUT2D eigenvalue weighted by Crippen LogP contribution is -2.30. The summed E-state index contributed by atoms with van der Waals surface area (Å²) in [5.74, 6) is 1.74. The molecule has 0 spiro atoms. The van der Waals surface area contributed by atoms with Crippen molar-refractivity contribution in [2.45, 2.75) is 31.6 Å². The van der Waals surface area contributed by atoms with Gasteiger partial charge in [-0.05, 0) is 25.7 Å². The summed E-state index contributed by atoms with van der Waals surface area (Å²) in [6.45, 7) is 6.14. The number of hydrogen-bond acceptors (Lipinski definition) is 4. The molecule has 2 heterocycles. The maximum atomic E-state index is 4.62. The van der Waals surface area contributed by atoms with Crippen LogP contribution in [0.2, 0.25) is 0 Å². The molecule has 1 aromatic heterocycles. The van der Waals surface area contributed by atoms with Crippen LogP contribution in [0.3, 0.4) is 0 Å². The lowest BCUT2D eigenvalue weighted by atomic mass is 10.1. The molecule has 1 saturated heterocycles. The Morgan fingerprint density at radius 3 is 3.00 bits per heavy atom. The van der Waals surface area contributed by atoms with Crippen molar-refractivity contribution in [3.05, 3.63) is 18.0 Å². The van der Waals surface area contributed by atoms with Gasteiger partial charge in [0.05, 0.1) is 0 Å². The molecule has 4 heteroatoms. The summed E-state index contributed by atoms with van der Waals surface area (Å²) in [4.78, 5) is 6.94. The standard InChI is InChI=1S/C11H15N3S/c1-8-3-2-6-14(7-8)11-12-10(13-15-11)9-4-5-9/h9H,1-7H2. The minimum absolute atomic E-state index is 0.669. The van der Waals surface area contributed by atoms with Crippen LogP contribution in [0.25, 0.3) is 0 Å². The van der Waals surface area contributed by atoms with Gasteiger partial charge in [0.2, 0.25) is 5.13 Å². The first-order chi connectivity index (χ1) is 7.33. The fraction of sp³-hybridized carbons (Fsp3) is 0.636. The second-order valence-electron chi connectivity index (χ2n) is 4.48. The van der Waals surface area contributed by atoms with Crippen LogP contribution in [-0.2, 0) is 0 Å². The van der Waals surface area contributed by atoms with E-state index in [2.05, 4.69) is 20.8 Å². The maximum Gasteiger partial charge on any atom is 0.205 e. The molecular formula is C11H15N3S. The molecule has 0 atom stereocenters. The fourth-order valence-corrected chi connectivity index (χ4v) is 2.74. The van der Waals surface area contributed by atoms with Crippen molar-refractivity contribution in [3.8, 4) is 0 Å². The van der Waals surface area contributed by atoms with Crippen LogP contribution in [0.1, 0.15) is 37.4 Å². The Labute approximate surface area is 94.0 Å². The molecule has 0 unspecified atom stereocenters. The van der Waals surface area contributed by atoms with E-state index in [0.717, 1.165) is 24.0 Å². The third-order valence-corrected chi connectivity index (χ3v) is 3.81. The minimum Gasteiger partial charge on any atom is -0.343 e. The van der Waals surface area contributed by atoms with Crippen molar-refractivity contribution in [1.29, 1.82) is 0 Å². The summed E-state index contributed by atoms with van der Waals surface area (Å²) in [6, 6.07) is 0. The topological polar surface area (TPSA) is 29.0 Å². The Hall–Kier alpha value is -0.900. The normalized spacial score (nSPS) is 22.1. The number of rotatable bonds is 2. The molecule has 0 amide bonds. The predicted octanol–water partition coefficient (Wildman–Crippen LogP) is 2.57. The van der Waals surface area contributed by atoms with E-state index in [-0.39, 0.29) is 0 Å². The van der Waals surface area contributed by atoms with Gasteiger partial charge < -0.3 is 4.90 Å². The van der Waals surface area contributed by atoms with Crippen molar-refractivity contribution in [2.24, 2.45) is 0 Å². The van der Waals surface area contributed by atoms with Crippen molar-refractivity contribution in [1.82, 2.24) is 9.36 Å². The molecule has 1 aromatic rings. The molecule has 15 heavy (non-hydrogen) atoms. The SMILES string of the molecule is C=C1CCCN(c2nc(C3CC3)ns2)C1. The third kappa shape index (κ3) is 1.91. The Morgan fingerprint density at radius 1 is 1.40 bits per heavy atom. The molecule has 80 valence electrons. The molecule has 0 N–H and O–H groups in total. The van der Waals surface area contributed by atoms with E-state index < -0.39 is 0 Å². The Bertz CT molecular complexity index is 381. The summed E-state index contributed by atoms with van der Waals surface area (Å²) in [7, 11) is 0. The molecular weight excluding hydrogens is 206 g/mol. The van der Waals surface area contributed by atoms with Gasteiger partial charge in [0.1, 0.15) is 5.82 Å². The van der Waals surface area contributed by atoms with Crippen LogP contribution in [0.15, 0.2) is 12.2 Å². The molecule has 3 rings (SSSR count). The van der Waals surface area contributed by atoms with E-state index in [9.17, 15) is 0 Å². The van der Waals surface area contributed by atoms with E-state index in [0.29, 0.717) is 5.92 Å². The van der Waals surface area contributed by atoms with Gasteiger partial charge in [-0.1, -0.05) is 12.2 Å². The zero-order valence-electron chi connectivity index (χ0n) is 8.78. The highest BCUT2D eigenvalue weighted by atomic mass is 32.1. The van der Waals surface area contributed by atoms with Crippen LogP contribution in [0.4, 0.5) is 5.13 Å². The first-order valence-electron chi connectivity index (χ1n) is 5.58. The van der Waals surface area contributed by atoms with E-state index in [1.54, 1.807) is 11.5 Å². The zero-order chi connectivity index (χ0) is 10.3. The predicted molar refractivity (Wildman–Crippen MR) is 62.5 cm³/mol. The molecule has 1 aliphatic carbocycles. The smallest absolute Gasteiger partial charge is 0.205 e. The molecule has 2 aliphatic rings. The average molecular weight is 221 g/mol. The summed E-state index contributed by atoms with van der Waals surface area (Å²) in [5.41, 5.74) is 1.32. The lowest BCUT2D eigenvalue weighted by Gasteiger charge is -2.27. The van der Waals surface area contributed by atoms with Crippen molar-refractivity contribution in [3.63, 3.8) is 0 Å². The summed E-state index contributed by atoms with van der Waals surface area (Å²) in [6.07, 6.45) is 4.94. The van der Waals surface area contributed by atoms with Crippen LogP contribution in [0, 0.1) is 0 Å². The van der Waals surface area contributed by atoms with Crippen LogP contribution < -0.4 is 4.90 Å². The van der Waals surface area contributed by atoms with Gasteiger partial charge in [0.15, 0.2) is 0 Å². The highest BCUT2D eigenvalue weighted by Crippen LogP contribution is 2.40. The van der Waals surface area contributed by atoms with E-state index in [1.165, 1.54) is 31.3 Å². The Kier molecular flexibility index (Phi) is 2.24. The second kappa shape index (κ2) is 3.59. The van der Waals surface area contributed by atoms with Crippen molar-refractivity contribution in [2.75, 3.05) is 18.0 Å². The highest BCUT2D eigenvalue weighted by Gasteiger charge is 2.28. The minimum atomic E-state index is 0.669. The van der Waals surface area contributed by atoms with Gasteiger partial charge in [0, 0.05) is 30.5 Å². The number of nitrogens with zero attached hydrogens (tertiary/aromatic N) is 3. The Morgan fingerprint density at radius 2 is 2.27 bits per heavy atom. The number of hydrogen-bond donors (Lipinski definition) is 0. The third-order valence-electron chi connectivity index (χ3n) is 3.02. The molecule has 0 aromatic carbocycles. The quantitative estimate of drug-likeness (QED) is 0.719. The van der Waals surface area contributed by atoms with Gasteiger partial charge in [-0.15, -0.1) is 0 Å². The monoisotopic (exact) mass is 221 g/mol. The number of anilines is 1. The molecule has 0 radical (unpaired) electrons. The lowest BCUT2D eigenvalue weighted by molar-refractivity contribution is 0.676. The van der Waals surface area contributed by atoms with Crippen LogP contribution in [0.5, 0.6) is 0 Å². The highest BCUT2D eigenvalue weighted by molar-refractivity contribution is 7.09. The van der Waals surface area contributed by atoms with Gasteiger partial charge in [0.25, 0.3) is 0 Å². The summed E-state index contributed by atoms with van der Waals surface area (Å²) >= 11 is 1.55. The molecule has 2 fully saturated rings. The maximum absolute atomic E-state index is 4.62. The molecule has 3 nitrogen and oxygen atoms in total. The van der Waals surface area contributed by atoms with E-state index >= 15 is 0 Å². The van der Waals surface area contributed by atoms with E-state index in [1.807, 2.05) is 0 Å². The number of piperidine rings is 1. The fourth-order valence-electron chi connectivity index (χ4n) is 1.97. The number of aromatic nitrogens is 2. The van der Waals surface area contributed by atoms with Gasteiger partial charge in [-0.3, -0.25) is 0 Å². The largest absolute Gasteiger partial charge is 0.343 e. The van der Waals surface area contributed by atoms with Crippen molar-refractivity contribution < 1.29 is 0 Å². The molecule has 0 bridgehead atoms. The Balaban J connectivity index is 1.76. The van der Waals surface area contributed by atoms with Crippen LogP contribution in [-0.4, -0.2) is 22.4 Å². The van der Waals surface area contributed by atoms with Gasteiger partial charge in [-0.25, -0.2) is 4.98 Å². The second-order valence-corrected chi connectivity index (χ2v) is 5.21. The van der Waals surface area contributed by atoms with Crippen molar-refractivity contribution >= 4 is 16.7 Å². The molecule has 1 aliphatic heterocycles.